The monoisotopic (exact) mass is 554 g/mol. The molecule has 2 aliphatic heterocycles. The molecule has 2 fully saturated rings. The Bertz CT molecular complexity index is 1300. The second-order valence-electron chi connectivity index (χ2n) is 8.97. The predicted octanol–water partition coefficient (Wildman–Crippen LogP) is 4.13. The number of aromatic nitrogens is 2. The van der Waals surface area contributed by atoms with E-state index in [9.17, 15) is 14.9 Å². The van der Waals surface area contributed by atoms with Gasteiger partial charge in [0, 0.05) is 74.5 Å². The smallest absolute Gasteiger partial charge is 0.269 e. The molecule has 5 rings (SSSR count). The van der Waals surface area contributed by atoms with E-state index in [2.05, 4.69) is 19.8 Å². The first-order chi connectivity index (χ1) is 18.5. The Labute approximate surface area is 229 Å². The summed E-state index contributed by atoms with van der Waals surface area (Å²) in [6, 6.07) is 15.9. The van der Waals surface area contributed by atoms with Crippen LogP contribution in [0.1, 0.15) is 15.9 Å². The topological polar surface area (TPSA) is 105 Å². The second kappa shape index (κ2) is 12.0. The number of benzene rings is 2. The van der Waals surface area contributed by atoms with Gasteiger partial charge in [-0.25, -0.2) is 9.97 Å². The van der Waals surface area contributed by atoms with Crippen LogP contribution in [0.2, 0.25) is 5.15 Å². The van der Waals surface area contributed by atoms with Crippen molar-refractivity contribution in [3.05, 3.63) is 81.0 Å². The lowest BCUT2D eigenvalue weighted by molar-refractivity contribution is -0.384. The average molecular weight is 555 g/mol. The number of anilines is 2. The van der Waals surface area contributed by atoms with E-state index < -0.39 is 4.92 Å². The number of piperazine rings is 1. The Morgan fingerprint density at radius 2 is 1.71 bits per heavy atom. The molecule has 3 heterocycles. The van der Waals surface area contributed by atoms with Crippen LogP contribution < -0.4 is 9.80 Å². The van der Waals surface area contributed by atoms with E-state index in [1.807, 2.05) is 29.2 Å². The Hall–Kier alpha value is -3.41. The molecule has 2 aromatic carbocycles. The lowest BCUT2D eigenvalue weighted by Crippen LogP contribution is -2.48. The molecule has 0 saturated carbocycles. The molecule has 198 valence electrons. The van der Waals surface area contributed by atoms with E-state index in [-0.39, 0.29) is 11.6 Å². The molecule has 0 unspecified atom stereocenters. The zero-order chi connectivity index (χ0) is 26.5. The van der Waals surface area contributed by atoms with Crippen molar-refractivity contribution in [2.24, 2.45) is 0 Å². The van der Waals surface area contributed by atoms with Gasteiger partial charge >= 0.3 is 0 Å². The quantitative estimate of drug-likeness (QED) is 0.140. The molecule has 0 radical (unpaired) electrons. The van der Waals surface area contributed by atoms with Crippen LogP contribution >= 0.6 is 23.4 Å². The number of thioether (sulfide) groups is 1. The zero-order valence-corrected chi connectivity index (χ0v) is 22.2. The number of carbonyl (C=O) groups excluding carboxylic acids is 1. The van der Waals surface area contributed by atoms with Crippen molar-refractivity contribution in [1.82, 2.24) is 14.9 Å². The lowest BCUT2D eigenvalue weighted by Gasteiger charge is -2.36. The summed E-state index contributed by atoms with van der Waals surface area (Å²) in [7, 11) is 0. The minimum atomic E-state index is -0.405. The van der Waals surface area contributed by atoms with Crippen LogP contribution in [0.25, 0.3) is 0 Å². The Morgan fingerprint density at radius 1 is 0.974 bits per heavy atom. The Kier molecular flexibility index (Phi) is 8.26. The number of halogens is 1. The van der Waals surface area contributed by atoms with Crippen molar-refractivity contribution >= 4 is 46.5 Å². The summed E-state index contributed by atoms with van der Waals surface area (Å²) < 4.78 is 5.42. The normalized spacial score (nSPS) is 16.0. The van der Waals surface area contributed by atoms with E-state index in [0.29, 0.717) is 61.0 Å². The number of amides is 1. The van der Waals surface area contributed by atoms with Gasteiger partial charge in [-0.3, -0.25) is 14.9 Å². The minimum absolute atomic E-state index is 0.00573. The summed E-state index contributed by atoms with van der Waals surface area (Å²) >= 11 is 7.75. The van der Waals surface area contributed by atoms with Crippen molar-refractivity contribution in [1.29, 1.82) is 0 Å². The molecule has 3 aromatic rings. The van der Waals surface area contributed by atoms with Gasteiger partial charge in [-0.1, -0.05) is 35.5 Å². The third-order valence-corrected chi connectivity index (χ3v) is 7.64. The highest BCUT2D eigenvalue weighted by Gasteiger charge is 2.23. The number of nitrogens with zero attached hydrogens (tertiary/aromatic N) is 6. The number of nitro benzene ring substituents is 1. The number of non-ortho nitro benzene ring substituents is 1. The highest BCUT2D eigenvalue weighted by atomic mass is 35.5. The molecule has 12 heteroatoms. The maximum Gasteiger partial charge on any atom is 0.269 e. The SMILES string of the molecule is O=C(c1cccc(CSc2nc(Cl)cc(N3CCOCC3)n2)c1)N1CCN(c2ccc([N+](=O)[O-])cc2)CC1. The second-order valence-corrected chi connectivity index (χ2v) is 10.3. The van der Waals surface area contributed by atoms with Crippen molar-refractivity contribution in [3.63, 3.8) is 0 Å². The van der Waals surface area contributed by atoms with Crippen LogP contribution in [-0.2, 0) is 10.5 Å². The van der Waals surface area contributed by atoms with Crippen LogP contribution in [0.3, 0.4) is 0 Å². The van der Waals surface area contributed by atoms with Gasteiger partial charge in [0.2, 0.25) is 0 Å². The summed E-state index contributed by atoms with van der Waals surface area (Å²) in [5, 5.41) is 11.9. The van der Waals surface area contributed by atoms with E-state index in [4.69, 9.17) is 16.3 Å². The average Bonchev–Trinajstić information content (AvgIpc) is 2.96. The molecule has 0 spiro atoms. The number of rotatable bonds is 7. The maximum absolute atomic E-state index is 13.2. The summed E-state index contributed by atoms with van der Waals surface area (Å²) in [5.41, 5.74) is 2.64. The highest BCUT2D eigenvalue weighted by Crippen LogP contribution is 2.26. The van der Waals surface area contributed by atoms with E-state index in [0.717, 1.165) is 30.2 Å². The molecule has 10 nitrogen and oxygen atoms in total. The van der Waals surface area contributed by atoms with Crippen molar-refractivity contribution in [3.8, 4) is 0 Å². The molecule has 0 aliphatic carbocycles. The van der Waals surface area contributed by atoms with Crippen LogP contribution in [0.4, 0.5) is 17.2 Å². The van der Waals surface area contributed by atoms with Crippen molar-refractivity contribution in [2.45, 2.75) is 10.9 Å². The number of nitro groups is 1. The van der Waals surface area contributed by atoms with Crippen molar-refractivity contribution < 1.29 is 14.5 Å². The van der Waals surface area contributed by atoms with E-state index in [1.54, 1.807) is 18.2 Å². The third-order valence-electron chi connectivity index (χ3n) is 6.53. The fourth-order valence-corrected chi connectivity index (χ4v) is 5.51. The van der Waals surface area contributed by atoms with Crippen LogP contribution in [0.5, 0.6) is 0 Å². The van der Waals surface area contributed by atoms with Gasteiger partial charge < -0.3 is 19.4 Å². The van der Waals surface area contributed by atoms with Crippen LogP contribution in [0, 0.1) is 10.1 Å². The highest BCUT2D eigenvalue weighted by molar-refractivity contribution is 7.98. The first-order valence-corrected chi connectivity index (χ1v) is 13.7. The summed E-state index contributed by atoms with van der Waals surface area (Å²) in [6.07, 6.45) is 0. The number of morpholine rings is 1. The summed E-state index contributed by atoms with van der Waals surface area (Å²) in [6.45, 7) is 5.35. The predicted molar refractivity (Wildman–Crippen MR) is 147 cm³/mol. The van der Waals surface area contributed by atoms with Gasteiger partial charge in [-0.05, 0) is 29.8 Å². The standard InChI is InChI=1S/C26H27ClN6O4S/c27-23-17-24(31-12-14-37-15-13-31)29-26(28-23)38-18-19-2-1-3-20(16-19)25(34)32-10-8-30(9-11-32)21-4-6-22(7-5-21)33(35)36/h1-7,16-17H,8-15,18H2. The number of hydrogen-bond donors (Lipinski definition) is 0. The van der Waals surface area contributed by atoms with Gasteiger partial charge in [-0.15, -0.1) is 0 Å². The fraction of sp³-hybridized carbons (Fsp3) is 0.346. The van der Waals surface area contributed by atoms with Crippen LogP contribution in [0.15, 0.2) is 59.8 Å². The number of hydrogen-bond acceptors (Lipinski definition) is 9. The number of ether oxygens (including phenoxy) is 1. The number of carbonyl (C=O) groups is 1. The van der Waals surface area contributed by atoms with Crippen LogP contribution in [-0.4, -0.2) is 78.2 Å². The van der Waals surface area contributed by atoms with Gasteiger partial charge in [0.15, 0.2) is 5.16 Å². The minimum Gasteiger partial charge on any atom is -0.378 e. The van der Waals surface area contributed by atoms with E-state index in [1.165, 1.54) is 23.9 Å². The molecule has 0 bridgehead atoms. The zero-order valence-electron chi connectivity index (χ0n) is 20.7. The fourth-order valence-electron chi connectivity index (χ4n) is 4.48. The molecular weight excluding hydrogens is 528 g/mol. The van der Waals surface area contributed by atoms with Gasteiger partial charge in [-0.2, -0.15) is 0 Å². The molecule has 0 N–H and O–H groups in total. The molecule has 38 heavy (non-hydrogen) atoms. The Morgan fingerprint density at radius 3 is 2.42 bits per heavy atom. The molecular formula is C26H27ClN6O4S. The summed E-state index contributed by atoms with van der Waals surface area (Å²) in [4.78, 5) is 38.9. The first-order valence-electron chi connectivity index (χ1n) is 12.3. The molecule has 2 aliphatic rings. The molecule has 2 saturated heterocycles. The van der Waals surface area contributed by atoms with Gasteiger partial charge in [0.25, 0.3) is 11.6 Å². The maximum atomic E-state index is 13.2. The molecule has 1 aromatic heterocycles. The van der Waals surface area contributed by atoms with Gasteiger partial charge in [0.1, 0.15) is 11.0 Å². The Balaban J connectivity index is 1.18. The summed E-state index contributed by atoms with van der Waals surface area (Å²) in [5.74, 6) is 1.40. The first kappa shape index (κ1) is 26.2. The van der Waals surface area contributed by atoms with Gasteiger partial charge in [0.05, 0.1) is 18.1 Å². The molecule has 0 atom stereocenters. The third kappa shape index (κ3) is 6.35. The largest absolute Gasteiger partial charge is 0.378 e. The van der Waals surface area contributed by atoms with E-state index >= 15 is 0 Å². The van der Waals surface area contributed by atoms with Crippen molar-refractivity contribution in [2.75, 3.05) is 62.3 Å². The lowest BCUT2D eigenvalue weighted by atomic mass is 10.1. The molecule has 1 amide bonds.